The second kappa shape index (κ2) is 10.1. The molecule has 0 saturated heterocycles. The van der Waals surface area contributed by atoms with Crippen LogP contribution in [0.15, 0.2) is 78.9 Å². The third-order valence-corrected chi connectivity index (χ3v) is 4.34. The molecule has 0 aromatic heterocycles. The third-order valence-electron chi connectivity index (χ3n) is 4.34. The van der Waals surface area contributed by atoms with Crippen LogP contribution in [0.2, 0.25) is 0 Å². The highest BCUT2D eigenvalue weighted by molar-refractivity contribution is 5.94. The zero-order chi connectivity index (χ0) is 21.3. The summed E-state index contributed by atoms with van der Waals surface area (Å²) in [6, 6.07) is 22.5. The van der Waals surface area contributed by atoms with E-state index < -0.39 is 4.92 Å². The lowest BCUT2D eigenvalue weighted by atomic mass is 10.2. The van der Waals surface area contributed by atoms with Crippen molar-refractivity contribution in [2.45, 2.75) is 13.5 Å². The maximum Gasteiger partial charge on any atom is 0.271 e. The topological polar surface area (TPSA) is 81.9 Å². The number of carbonyl (C=O) groups is 1. The lowest BCUT2D eigenvalue weighted by Gasteiger charge is -2.23. The van der Waals surface area contributed by atoms with Crippen LogP contribution in [0, 0.1) is 10.1 Å². The number of rotatable bonds is 9. The van der Waals surface area contributed by atoms with Crippen LogP contribution in [0.1, 0.15) is 12.5 Å². The smallest absolute Gasteiger partial charge is 0.271 e. The van der Waals surface area contributed by atoms with Crippen LogP contribution < -0.4 is 14.4 Å². The summed E-state index contributed by atoms with van der Waals surface area (Å²) in [4.78, 5) is 25.2. The van der Waals surface area contributed by atoms with Gasteiger partial charge in [-0.3, -0.25) is 14.9 Å². The maximum absolute atomic E-state index is 13.1. The molecule has 0 spiro atoms. The van der Waals surface area contributed by atoms with Gasteiger partial charge in [0.1, 0.15) is 0 Å². The van der Waals surface area contributed by atoms with E-state index in [-0.39, 0.29) is 24.7 Å². The number of carbonyl (C=O) groups excluding carboxylic acids is 1. The Bertz CT molecular complexity index is 1010. The van der Waals surface area contributed by atoms with Crippen LogP contribution >= 0.6 is 0 Å². The van der Waals surface area contributed by atoms with Gasteiger partial charge in [0.2, 0.25) is 0 Å². The fraction of sp³-hybridized carbons (Fsp3) is 0.174. The van der Waals surface area contributed by atoms with Crippen molar-refractivity contribution >= 4 is 17.3 Å². The Morgan fingerprint density at radius 1 is 0.933 bits per heavy atom. The molecule has 7 nitrogen and oxygen atoms in total. The van der Waals surface area contributed by atoms with E-state index in [2.05, 4.69) is 0 Å². The van der Waals surface area contributed by atoms with Gasteiger partial charge in [0, 0.05) is 12.1 Å². The molecular weight excluding hydrogens is 384 g/mol. The molecule has 0 aliphatic heterocycles. The maximum atomic E-state index is 13.1. The Hall–Kier alpha value is -3.87. The summed E-state index contributed by atoms with van der Waals surface area (Å²) in [6.07, 6.45) is 0. The molecule has 154 valence electrons. The first kappa shape index (κ1) is 20.9. The lowest BCUT2D eigenvalue weighted by Crippen LogP contribution is -2.34. The van der Waals surface area contributed by atoms with E-state index in [0.29, 0.717) is 23.8 Å². The highest BCUT2D eigenvalue weighted by Gasteiger charge is 2.20. The van der Waals surface area contributed by atoms with E-state index in [0.717, 1.165) is 5.56 Å². The molecule has 0 unspecified atom stereocenters. The Balaban J connectivity index is 1.83. The number of benzene rings is 3. The SMILES string of the molecule is CCOc1ccccc1OCC(=O)N(Cc1ccccc1)c1cccc([N+](=O)[O-])c1. The predicted molar refractivity (Wildman–Crippen MR) is 114 cm³/mol. The van der Waals surface area contributed by atoms with E-state index in [9.17, 15) is 14.9 Å². The predicted octanol–water partition coefficient (Wildman–Crippen LogP) is 4.61. The lowest BCUT2D eigenvalue weighted by molar-refractivity contribution is -0.384. The first-order valence-corrected chi connectivity index (χ1v) is 9.52. The molecule has 7 heteroatoms. The van der Waals surface area contributed by atoms with Crippen LogP contribution in [0.5, 0.6) is 11.5 Å². The number of anilines is 1. The van der Waals surface area contributed by atoms with Crippen LogP contribution in [0.25, 0.3) is 0 Å². The number of nitrogens with zero attached hydrogens (tertiary/aromatic N) is 2. The van der Waals surface area contributed by atoms with Gasteiger partial charge in [0.05, 0.1) is 23.8 Å². The number of para-hydroxylation sites is 2. The summed E-state index contributed by atoms with van der Waals surface area (Å²) in [5.41, 5.74) is 1.24. The average molecular weight is 406 g/mol. The molecule has 0 heterocycles. The molecule has 0 N–H and O–H groups in total. The molecule has 0 aliphatic carbocycles. The van der Waals surface area contributed by atoms with Crippen molar-refractivity contribution in [2.24, 2.45) is 0 Å². The van der Waals surface area contributed by atoms with Crippen LogP contribution in [0.4, 0.5) is 11.4 Å². The number of hydrogen-bond acceptors (Lipinski definition) is 5. The molecule has 0 fully saturated rings. The minimum Gasteiger partial charge on any atom is -0.490 e. The number of amides is 1. The molecule has 0 radical (unpaired) electrons. The van der Waals surface area contributed by atoms with E-state index in [1.54, 1.807) is 30.3 Å². The number of hydrogen-bond donors (Lipinski definition) is 0. The monoisotopic (exact) mass is 406 g/mol. The molecule has 3 aromatic carbocycles. The Morgan fingerprint density at radius 3 is 2.27 bits per heavy atom. The summed E-state index contributed by atoms with van der Waals surface area (Å²) < 4.78 is 11.2. The normalized spacial score (nSPS) is 10.3. The summed E-state index contributed by atoms with van der Waals surface area (Å²) in [7, 11) is 0. The first-order chi connectivity index (χ1) is 14.6. The highest BCUT2D eigenvalue weighted by atomic mass is 16.6. The Morgan fingerprint density at radius 2 is 1.60 bits per heavy atom. The minimum atomic E-state index is -0.483. The molecular formula is C23H22N2O5. The number of nitro benzene ring substituents is 1. The standard InChI is InChI=1S/C23H22N2O5/c1-2-29-21-13-6-7-14-22(21)30-17-23(26)24(16-18-9-4-3-5-10-18)19-11-8-12-20(15-19)25(27)28/h3-15H,2,16-17H2,1H3. The van der Waals surface area contributed by atoms with Crippen molar-refractivity contribution in [3.05, 3.63) is 94.5 Å². The number of ether oxygens (including phenoxy) is 2. The Labute approximate surface area is 174 Å². The summed E-state index contributed by atoms with van der Waals surface area (Å²) in [5, 5.41) is 11.2. The summed E-state index contributed by atoms with van der Waals surface area (Å²) >= 11 is 0. The molecule has 30 heavy (non-hydrogen) atoms. The van der Waals surface area contributed by atoms with Gasteiger partial charge >= 0.3 is 0 Å². The van der Waals surface area contributed by atoms with E-state index in [4.69, 9.17) is 9.47 Å². The highest BCUT2D eigenvalue weighted by Crippen LogP contribution is 2.27. The van der Waals surface area contributed by atoms with Crippen LogP contribution in [-0.2, 0) is 11.3 Å². The van der Waals surface area contributed by atoms with Crippen molar-refractivity contribution < 1.29 is 19.2 Å². The first-order valence-electron chi connectivity index (χ1n) is 9.52. The molecule has 0 atom stereocenters. The number of nitro groups is 1. The van der Waals surface area contributed by atoms with Gasteiger partial charge < -0.3 is 14.4 Å². The fourth-order valence-electron chi connectivity index (χ4n) is 2.93. The third kappa shape index (κ3) is 5.35. The second-order valence-corrected chi connectivity index (χ2v) is 6.41. The quantitative estimate of drug-likeness (QED) is 0.383. The van der Waals surface area contributed by atoms with Gasteiger partial charge in [-0.2, -0.15) is 0 Å². The van der Waals surface area contributed by atoms with E-state index in [1.807, 2.05) is 43.3 Å². The molecule has 1 amide bonds. The van der Waals surface area contributed by atoms with Crippen LogP contribution in [0.3, 0.4) is 0 Å². The van der Waals surface area contributed by atoms with Gasteiger partial charge in [-0.15, -0.1) is 0 Å². The fourth-order valence-corrected chi connectivity index (χ4v) is 2.93. The average Bonchev–Trinajstić information content (AvgIpc) is 2.77. The van der Waals surface area contributed by atoms with E-state index in [1.165, 1.54) is 17.0 Å². The van der Waals surface area contributed by atoms with Crippen molar-refractivity contribution in [3.8, 4) is 11.5 Å². The molecule has 3 rings (SSSR count). The van der Waals surface area contributed by atoms with Gasteiger partial charge in [-0.1, -0.05) is 48.5 Å². The van der Waals surface area contributed by atoms with Gasteiger partial charge in [0.25, 0.3) is 11.6 Å². The van der Waals surface area contributed by atoms with Gasteiger partial charge in [-0.25, -0.2) is 0 Å². The second-order valence-electron chi connectivity index (χ2n) is 6.41. The zero-order valence-corrected chi connectivity index (χ0v) is 16.6. The van der Waals surface area contributed by atoms with Crippen molar-refractivity contribution in [1.29, 1.82) is 0 Å². The van der Waals surface area contributed by atoms with Crippen molar-refractivity contribution in [2.75, 3.05) is 18.1 Å². The molecule has 0 aliphatic rings. The summed E-state index contributed by atoms with van der Waals surface area (Å²) in [6.45, 7) is 2.37. The summed E-state index contributed by atoms with van der Waals surface area (Å²) in [5.74, 6) is 0.690. The number of non-ortho nitro benzene ring substituents is 1. The van der Waals surface area contributed by atoms with Crippen LogP contribution in [-0.4, -0.2) is 24.0 Å². The van der Waals surface area contributed by atoms with Crippen molar-refractivity contribution in [1.82, 2.24) is 0 Å². The molecule has 3 aromatic rings. The molecule has 0 bridgehead atoms. The molecule has 0 saturated carbocycles. The van der Waals surface area contributed by atoms with Gasteiger partial charge in [-0.05, 0) is 30.7 Å². The zero-order valence-electron chi connectivity index (χ0n) is 16.6. The minimum absolute atomic E-state index is 0.0824. The van der Waals surface area contributed by atoms with Crippen molar-refractivity contribution in [3.63, 3.8) is 0 Å². The largest absolute Gasteiger partial charge is 0.490 e. The van der Waals surface area contributed by atoms with Gasteiger partial charge in [0.15, 0.2) is 18.1 Å². The Kier molecular flexibility index (Phi) is 7.00. The van der Waals surface area contributed by atoms with E-state index >= 15 is 0 Å².